The first-order valence-electron chi connectivity index (χ1n) is 6.85. The van der Waals surface area contributed by atoms with E-state index in [1.807, 2.05) is 12.1 Å². The predicted molar refractivity (Wildman–Crippen MR) is 78.8 cm³/mol. The van der Waals surface area contributed by atoms with Gasteiger partial charge in [0.2, 0.25) is 0 Å². The second-order valence-corrected chi connectivity index (χ2v) is 6.06. The van der Waals surface area contributed by atoms with E-state index in [-0.39, 0.29) is 18.0 Å². The van der Waals surface area contributed by atoms with Gasteiger partial charge >= 0.3 is 0 Å². The molecule has 1 saturated carbocycles. The second-order valence-electron chi connectivity index (χ2n) is 5.14. The molecule has 4 heteroatoms. The molecule has 1 aliphatic rings. The normalized spacial score (nSPS) is 18.3. The molecular formula is C15H21BrFNO. The molecule has 0 amide bonds. The summed E-state index contributed by atoms with van der Waals surface area (Å²) in [6.07, 6.45) is 3.30. The summed E-state index contributed by atoms with van der Waals surface area (Å²) in [7, 11) is 1.76. The Morgan fingerprint density at radius 1 is 1.47 bits per heavy atom. The van der Waals surface area contributed by atoms with Gasteiger partial charge < -0.3 is 10.1 Å². The molecule has 2 atom stereocenters. The lowest BCUT2D eigenvalue weighted by Crippen LogP contribution is -2.44. The molecule has 1 aromatic carbocycles. The molecule has 1 fully saturated rings. The third-order valence-electron chi connectivity index (χ3n) is 3.68. The number of methoxy groups -OCH3 is 1. The number of likely N-dealkylation sites (N-methyl/N-ethyl adjacent to an activating group) is 1. The Bertz CT molecular complexity index is 423. The number of rotatable bonds is 7. The van der Waals surface area contributed by atoms with Crippen LogP contribution in [0.5, 0.6) is 0 Å². The van der Waals surface area contributed by atoms with Crippen molar-refractivity contribution >= 4 is 15.9 Å². The van der Waals surface area contributed by atoms with Crippen molar-refractivity contribution in [2.75, 3.05) is 13.7 Å². The van der Waals surface area contributed by atoms with Crippen LogP contribution in [-0.4, -0.2) is 25.8 Å². The fourth-order valence-corrected chi connectivity index (χ4v) is 2.93. The van der Waals surface area contributed by atoms with Crippen LogP contribution in [0.25, 0.3) is 0 Å². The van der Waals surface area contributed by atoms with Crippen molar-refractivity contribution in [3.05, 3.63) is 34.1 Å². The Morgan fingerprint density at radius 3 is 2.74 bits per heavy atom. The van der Waals surface area contributed by atoms with Crippen LogP contribution in [0.15, 0.2) is 22.7 Å². The van der Waals surface area contributed by atoms with Crippen molar-refractivity contribution in [1.29, 1.82) is 0 Å². The van der Waals surface area contributed by atoms with Gasteiger partial charge in [-0.15, -0.1) is 0 Å². The Hall–Kier alpha value is -0.450. The molecule has 2 rings (SSSR count). The van der Waals surface area contributed by atoms with Gasteiger partial charge in [-0.3, -0.25) is 0 Å². The first kappa shape index (κ1) is 14.9. The van der Waals surface area contributed by atoms with Gasteiger partial charge in [0.1, 0.15) is 5.82 Å². The van der Waals surface area contributed by atoms with Crippen molar-refractivity contribution in [2.45, 2.75) is 38.3 Å². The Labute approximate surface area is 122 Å². The van der Waals surface area contributed by atoms with E-state index in [4.69, 9.17) is 4.74 Å². The molecular weight excluding hydrogens is 309 g/mol. The molecule has 0 spiro atoms. The average Bonchev–Trinajstić information content (AvgIpc) is 3.18. The maximum atomic E-state index is 13.9. The number of benzene rings is 1. The Kier molecular flexibility index (Phi) is 5.37. The quantitative estimate of drug-likeness (QED) is 0.826. The monoisotopic (exact) mass is 329 g/mol. The zero-order valence-electron chi connectivity index (χ0n) is 11.5. The summed E-state index contributed by atoms with van der Waals surface area (Å²) in [6, 6.07) is 5.44. The minimum atomic E-state index is -0.150. The molecule has 1 aromatic rings. The molecule has 0 aromatic heterocycles. The maximum Gasteiger partial charge on any atom is 0.127 e. The van der Waals surface area contributed by atoms with Gasteiger partial charge in [0.15, 0.2) is 0 Å². The van der Waals surface area contributed by atoms with Crippen LogP contribution in [0, 0.1) is 11.7 Å². The molecule has 1 aliphatic carbocycles. The van der Waals surface area contributed by atoms with Crippen LogP contribution < -0.4 is 5.32 Å². The number of hydrogen-bond donors (Lipinski definition) is 1. The Balaban J connectivity index is 2.10. The first-order valence-corrected chi connectivity index (χ1v) is 7.65. The fourth-order valence-electron chi connectivity index (χ4n) is 2.60. The van der Waals surface area contributed by atoms with E-state index in [2.05, 4.69) is 28.2 Å². The molecule has 0 saturated heterocycles. The van der Waals surface area contributed by atoms with Crippen LogP contribution in [-0.2, 0) is 11.2 Å². The molecule has 0 aliphatic heterocycles. The van der Waals surface area contributed by atoms with Crippen molar-refractivity contribution in [3.8, 4) is 0 Å². The van der Waals surface area contributed by atoms with E-state index in [0.29, 0.717) is 12.3 Å². The highest BCUT2D eigenvalue weighted by Gasteiger charge is 2.36. The lowest BCUT2D eigenvalue weighted by Gasteiger charge is -2.27. The lowest BCUT2D eigenvalue weighted by atomic mass is 9.97. The summed E-state index contributed by atoms with van der Waals surface area (Å²) < 4.78 is 20.3. The van der Waals surface area contributed by atoms with Gasteiger partial charge in [0.25, 0.3) is 0 Å². The summed E-state index contributed by atoms with van der Waals surface area (Å²) in [5, 5.41) is 3.44. The van der Waals surface area contributed by atoms with E-state index in [1.165, 1.54) is 18.9 Å². The van der Waals surface area contributed by atoms with Gasteiger partial charge in [0.05, 0.1) is 6.10 Å². The summed E-state index contributed by atoms with van der Waals surface area (Å²) in [4.78, 5) is 0. The number of hydrogen-bond acceptors (Lipinski definition) is 2. The topological polar surface area (TPSA) is 21.3 Å². The van der Waals surface area contributed by atoms with Crippen molar-refractivity contribution in [1.82, 2.24) is 5.32 Å². The van der Waals surface area contributed by atoms with E-state index in [9.17, 15) is 4.39 Å². The predicted octanol–water partition coefficient (Wildman–Crippen LogP) is 3.53. The van der Waals surface area contributed by atoms with Crippen molar-refractivity contribution in [3.63, 3.8) is 0 Å². The molecule has 0 radical (unpaired) electrons. The van der Waals surface area contributed by atoms with Gasteiger partial charge in [-0.25, -0.2) is 4.39 Å². The lowest BCUT2D eigenvalue weighted by molar-refractivity contribution is 0.0513. The first-order chi connectivity index (χ1) is 9.15. The highest BCUT2D eigenvalue weighted by molar-refractivity contribution is 9.10. The summed E-state index contributed by atoms with van der Waals surface area (Å²) in [5.74, 6) is 0.482. The Morgan fingerprint density at radius 2 is 2.21 bits per heavy atom. The number of halogens is 2. The molecule has 0 heterocycles. The van der Waals surface area contributed by atoms with Crippen LogP contribution >= 0.6 is 15.9 Å². The molecule has 2 unspecified atom stereocenters. The smallest absolute Gasteiger partial charge is 0.127 e. The van der Waals surface area contributed by atoms with Crippen LogP contribution in [0.2, 0.25) is 0 Å². The molecule has 19 heavy (non-hydrogen) atoms. The van der Waals surface area contributed by atoms with E-state index >= 15 is 0 Å². The third kappa shape index (κ3) is 4.01. The minimum Gasteiger partial charge on any atom is -0.380 e. The zero-order chi connectivity index (χ0) is 13.8. The van der Waals surface area contributed by atoms with Crippen LogP contribution in [0.3, 0.4) is 0 Å². The molecule has 2 nitrogen and oxygen atoms in total. The van der Waals surface area contributed by atoms with Crippen LogP contribution in [0.1, 0.15) is 25.3 Å². The summed E-state index contributed by atoms with van der Waals surface area (Å²) >= 11 is 3.29. The fraction of sp³-hybridized carbons (Fsp3) is 0.600. The largest absolute Gasteiger partial charge is 0.380 e. The molecule has 0 bridgehead atoms. The van der Waals surface area contributed by atoms with Gasteiger partial charge in [0, 0.05) is 17.6 Å². The standard InChI is InChI=1S/C15H21BrFNO/c1-3-18-14(15(19-2)10-4-5-10)8-11-6-7-12(16)9-13(11)17/h6-7,9-10,14-15,18H,3-5,8H2,1-2H3. The molecule has 1 N–H and O–H groups in total. The van der Waals surface area contributed by atoms with Gasteiger partial charge in [-0.2, -0.15) is 0 Å². The summed E-state index contributed by atoms with van der Waals surface area (Å²) in [6.45, 7) is 2.94. The van der Waals surface area contributed by atoms with Gasteiger partial charge in [-0.1, -0.05) is 28.9 Å². The van der Waals surface area contributed by atoms with Crippen molar-refractivity contribution < 1.29 is 9.13 Å². The van der Waals surface area contributed by atoms with Crippen molar-refractivity contribution in [2.24, 2.45) is 5.92 Å². The maximum absolute atomic E-state index is 13.9. The highest BCUT2D eigenvalue weighted by Crippen LogP contribution is 2.36. The summed E-state index contributed by atoms with van der Waals surface area (Å²) in [5.41, 5.74) is 0.747. The average molecular weight is 330 g/mol. The minimum absolute atomic E-state index is 0.150. The second kappa shape index (κ2) is 6.82. The van der Waals surface area contributed by atoms with Crippen LogP contribution in [0.4, 0.5) is 4.39 Å². The zero-order valence-corrected chi connectivity index (χ0v) is 13.0. The number of nitrogens with one attached hydrogen (secondary N) is 1. The van der Waals surface area contributed by atoms with E-state index in [0.717, 1.165) is 16.6 Å². The third-order valence-corrected chi connectivity index (χ3v) is 4.17. The van der Waals surface area contributed by atoms with E-state index < -0.39 is 0 Å². The molecule has 106 valence electrons. The van der Waals surface area contributed by atoms with E-state index in [1.54, 1.807) is 7.11 Å². The van der Waals surface area contributed by atoms with Gasteiger partial charge in [-0.05, 0) is 49.4 Å². The SMILES string of the molecule is CCNC(Cc1ccc(Br)cc1F)C(OC)C1CC1. The highest BCUT2D eigenvalue weighted by atomic mass is 79.9. The number of ether oxygens (including phenoxy) is 1.